The van der Waals surface area contributed by atoms with Gasteiger partial charge in [-0.25, -0.2) is 9.18 Å². The van der Waals surface area contributed by atoms with E-state index in [2.05, 4.69) is 10.1 Å². The quantitative estimate of drug-likeness (QED) is 0.629. The number of hydrogen-bond acceptors (Lipinski definition) is 4. The standard InChI is InChI=1S/C14H19FN2O3/c1-17(2)13(18)6-7-16-9-10-4-5-11(12(15)8-10)14(19)20-3/h4-5,8,16H,6-7,9H2,1-3H3. The van der Waals surface area contributed by atoms with Crippen molar-refractivity contribution in [2.24, 2.45) is 0 Å². The molecule has 0 heterocycles. The number of nitrogens with one attached hydrogen (secondary N) is 1. The second-order valence-corrected chi connectivity index (χ2v) is 4.52. The lowest BCUT2D eigenvalue weighted by Gasteiger charge is -2.10. The zero-order valence-electron chi connectivity index (χ0n) is 11.9. The molecule has 0 bridgehead atoms. The molecule has 0 aliphatic carbocycles. The van der Waals surface area contributed by atoms with Gasteiger partial charge in [-0.2, -0.15) is 0 Å². The van der Waals surface area contributed by atoms with Gasteiger partial charge in [0.1, 0.15) is 5.82 Å². The van der Waals surface area contributed by atoms with Crippen molar-refractivity contribution >= 4 is 11.9 Å². The number of carbonyl (C=O) groups is 2. The number of esters is 1. The first kappa shape index (κ1) is 16.1. The minimum absolute atomic E-state index is 0.0321. The van der Waals surface area contributed by atoms with Crippen LogP contribution >= 0.6 is 0 Å². The van der Waals surface area contributed by atoms with Crippen molar-refractivity contribution in [3.63, 3.8) is 0 Å². The smallest absolute Gasteiger partial charge is 0.340 e. The summed E-state index contributed by atoms with van der Waals surface area (Å²) >= 11 is 0. The molecular formula is C14H19FN2O3. The minimum atomic E-state index is -0.696. The van der Waals surface area contributed by atoms with E-state index in [1.807, 2.05) is 0 Å². The van der Waals surface area contributed by atoms with Gasteiger partial charge in [0.25, 0.3) is 0 Å². The van der Waals surface area contributed by atoms with Gasteiger partial charge in [0, 0.05) is 33.6 Å². The van der Waals surface area contributed by atoms with Gasteiger partial charge in [-0.05, 0) is 17.7 Å². The summed E-state index contributed by atoms with van der Waals surface area (Å²) in [5, 5.41) is 3.05. The third-order valence-corrected chi connectivity index (χ3v) is 2.78. The van der Waals surface area contributed by atoms with Crippen molar-refractivity contribution < 1.29 is 18.7 Å². The molecule has 0 spiro atoms. The molecule has 1 aromatic rings. The van der Waals surface area contributed by atoms with Gasteiger partial charge in [0.05, 0.1) is 12.7 Å². The lowest BCUT2D eigenvalue weighted by Crippen LogP contribution is -2.26. The first-order valence-electron chi connectivity index (χ1n) is 6.23. The maximum absolute atomic E-state index is 13.6. The number of hydrogen-bond donors (Lipinski definition) is 1. The molecule has 0 unspecified atom stereocenters. The maximum atomic E-state index is 13.6. The molecule has 20 heavy (non-hydrogen) atoms. The molecule has 1 rings (SSSR count). The monoisotopic (exact) mass is 282 g/mol. The number of amides is 1. The molecule has 1 N–H and O–H groups in total. The van der Waals surface area contributed by atoms with Crippen LogP contribution in [0.5, 0.6) is 0 Å². The topological polar surface area (TPSA) is 58.6 Å². The van der Waals surface area contributed by atoms with Crippen LogP contribution in [0, 0.1) is 5.82 Å². The molecular weight excluding hydrogens is 263 g/mol. The van der Waals surface area contributed by atoms with E-state index >= 15 is 0 Å². The highest BCUT2D eigenvalue weighted by Gasteiger charge is 2.12. The number of halogens is 1. The fourth-order valence-electron chi connectivity index (χ4n) is 1.60. The molecule has 0 atom stereocenters. The molecule has 5 nitrogen and oxygen atoms in total. The van der Waals surface area contributed by atoms with Gasteiger partial charge in [-0.15, -0.1) is 0 Å². The third-order valence-electron chi connectivity index (χ3n) is 2.78. The molecule has 0 fully saturated rings. The highest BCUT2D eigenvalue weighted by atomic mass is 19.1. The fraction of sp³-hybridized carbons (Fsp3) is 0.429. The maximum Gasteiger partial charge on any atom is 0.340 e. The Labute approximate surface area is 117 Å². The Morgan fingerprint density at radius 1 is 1.35 bits per heavy atom. The summed E-state index contributed by atoms with van der Waals surface area (Å²) in [7, 11) is 4.60. The summed E-state index contributed by atoms with van der Waals surface area (Å²) < 4.78 is 18.1. The number of nitrogens with zero attached hydrogens (tertiary/aromatic N) is 1. The Morgan fingerprint density at radius 2 is 2.05 bits per heavy atom. The van der Waals surface area contributed by atoms with Crippen LogP contribution in [0.25, 0.3) is 0 Å². The average molecular weight is 282 g/mol. The molecule has 0 radical (unpaired) electrons. The Morgan fingerprint density at radius 3 is 2.60 bits per heavy atom. The van der Waals surface area contributed by atoms with Crippen molar-refractivity contribution in [3.05, 3.63) is 35.1 Å². The van der Waals surface area contributed by atoms with Gasteiger partial charge in [-0.3, -0.25) is 4.79 Å². The van der Waals surface area contributed by atoms with E-state index in [-0.39, 0.29) is 11.5 Å². The number of rotatable bonds is 6. The van der Waals surface area contributed by atoms with Gasteiger partial charge >= 0.3 is 5.97 Å². The van der Waals surface area contributed by atoms with Crippen LogP contribution in [0.1, 0.15) is 22.3 Å². The van der Waals surface area contributed by atoms with E-state index in [0.717, 1.165) is 0 Å². The van der Waals surface area contributed by atoms with Crippen LogP contribution < -0.4 is 5.32 Å². The van der Waals surface area contributed by atoms with Crippen LogP contribution in [-0.4, -0.2) is 44.5 Å². The Hall–Kier alpha value is -1.95. The molecule has 110 valence electrons. The van der Waals surface area contributed by atoms with E-state index in [1.165, 1.54) is 24.1 Å². The van der Waals surface area contributed by atoms with Crippen molar-refractivity contribution in [3.8, 4) is 0 Å². The molecule has 1 amide bonds. The van der Waals surface area contributed by atoms with Crippen molar-refractivity contribution in [2.75, 3.05) is 27.7 Å². The molecule has 0 saturated carbocycles. The second-order valence-electron chi connectivity index (χ2n) is 4.52. The lowest BCUT2D eigenvalue weighted by molar-refractivity contribution is -0.128. The normalized spacial score (nSPS) is 10.2. The zero-order valence-corrected chi connectivity index (χ0v) is 11.9. The van der Waals surface area contributed by atoms with Crippen molar-refractivity contribution in [2.45, 2.75) is 13.0 Å². The van der Waals surface area contributed by atoms with Gasteiger partial charge < -0.3 is 15.0 Å². The highest BCUT2D eigenvalue weighted by Crippen LogP contribution is 2.11. The van der Waals surface area contributed by atoms with E-state index in [9.17, 15) is 14.0 Å². The van der Waals surface area contributed by atoms with Gasteiger partial charge in [0.2, 0.25) is 5.91 Å². The van der Waals surface area contributed by atoms with E-state index in [4.69, 9.17) is 0 Å². The van der Waals surface area contributed by atoms with E-state index in [1.54, 1.807) is 20.2 Å². The summed E-state index contributed by atoms with van der Waals surface area (Å²) in [6.45, 7) is 0.941. The summed E-state index contributed by atoms with van der Waals surface area (Å²) in [4.78, 5) is 24.1. The number of ether oxygens (including phenoxy) is 1. The summed E-state index contributed by atoms with van der Waals surface area (Å²) in [6.07, 6.45) is 0.385. The van der Waals surface area contributed by atoms with Crippen LogP contribution in [0.15, 0.2) is 18.2 Å². The molecule has 6 heteroatoms. The number of methoxy groups -OCH3 is 1. The van der Waals surface area contributed by atoms with Gasteiger partial charge in [0.15, 0.2) is 0 Å². The van der Waals surface area contributed by atoms with Crippen LogP contribution in [0.3, 0.4) is 0 Å². The van der Waals surface area contributed by atoms with Crippen molar-refractivity contribution in [1.29, 1.82) is 0 Å². The molecule has 0 aliphatic rings. The predicted octanol–water partition coefficient (Wildman–Crippen LogP) is 1.18. The number of carbonyl (C=O) groups excluding carboxylic acids is 2. The van der Waals surface area contributed by atoms with Crippen molar-refractivity contribution in [1.82, 2.24) is 10.2 Å². The Balaban J connectivity index is 2.48. The lowest BCUT2D eigenvalue weighted by atomic mass is 10.1. The second kappa shape index (κ2) is 7.59. The fourth-order valence-corrected chi connectivity index (χ4v) is 1.60. The average Bonchev–Trinajstić information content (AvgIpc) is 2.42. The third kappa shape index (κ3) is 4.62. The SMILES string of the molecule is COC(=O)c1ccc(CNCCC(=O)N(C)C)cc1F. The number of benzene rings is 1. The predicted molar refractivity (Wildman–Crippen MR) is 72.8 cm³/mol. The highest BCUT2D eigenvalue weighted by molar-refractivity contribution is 5.89. The first-order valence-corrected chi connectivity index (χ1v) is 6.23. The summed E-state index contributed by atoms with van der Waals surface area (Å²) in [5.74, 6) is -1.27. The molecule has 0 aromatic heterocycles. The summed E-state index contributed by atoms with van der Waals surface area (Å²) in [5.41, 5.74) is 0.617. The molecule has 0 aliphatic heterocycles. The largest absolute Gasteiger partial charge is 0.465 e. The van der Waals surface area contributed by atoms with E-state index < -0.39 is 11.8 Å². The molecule has 1 aromatic carbocycles. The Kier molecular flexibility index (Phi) is 6.11. The summed E-state index contributed by atoms with van der Waals surface area (Å²) in [6, 6.07) is 4.33. The van der Waals surface area contributed by atoms with Crippen LogP contribution in [0.2, 0.25) is 0 Å². The molecule has 0 saturated heterocycles. The van der Waals surface area contributed by atoms with Gasteiger partial charge in [-0.1, -0.05) is 6.07 Å². The van der Waals surface area contributed by atoms with E-state index in [0.29, 0.717) is 25.1 Å². The first-order chi connectivity index (χ1) is 9.45. The minimum Gasteiger partial charge on any atom is -0.465 e. The van der Waals surface area contributed by atoms with Crippen LogP contribution in [-0.2, 0) is 16.1 Å². The Bertz CT molecular complexity index is 489. The van der Waals surface area contributed by atoms with Crippen LogP contribution in [0.4, 0.5) is 4.39 Å². The zero-order chi connectivity index (χ0) is 15.1.